The van der Waals surface area contributed by atoms with E-state index >= 15 is 0 Å². The number of unbranched alkanes of at least 4 members (excludes halogenated alkanes) is 2. The van der Waals surface area contributed by atoms with Crippen LogP contribution in [0.2, 0.25) is 0 Å². The van der Waals surface area contributed by atoms with Crippen LogP contribution in [0.3, 0.4) is 0 Å². The van der Waals surface area contributed by atoms with E-state index in [0.717, 1.165) is 69.4 Å². The Hall–Kier alpha value is -2.11. The standard InChI is InChI=1S/C30H44N4O2S2/c1-7-10-12-23(9-3)19-34-29(36)26(38-30(34)37)15-24-22(6)25(16-31)28(35)33(13-11-8-2)27(24)32-17-20(4)14-21(5)18-32/h15,20-21,23H,7-14,17-19H2,1-6H3. The Kier molecular flexibility index (Phi) is 11.1. The van der Waals surface area contributed by atoms with E-state index in [1.54, 1.807) is 9.47 Å². The topological polar surface area (TPSA) is 69.3 Å². The summed E-state index contributed by atoms with van der Waals surface area (Å²) in [6, 6.07) is 2.17. The zero-order valence-electron chi connectivity index (χ0n) is 24.0. The molecule has 2 aliphatic rings. The number of thioether (sulfide) groups is 1. The predicted octanol–water partition coefficient (Wildman–Crippen LogP) is 6.73. The van der Waals surface area contributed by atoms with Gasteiger partial charge in [-0.1, -0.05) is 84.3 Å². The van der Waals surface area contributed by atoms with Crippen LogP contribution in [-0.2, 0) is 11.3 Å². The number of nitrogens with zero attached hydrogens (tertiary/aromatic N) is 4. The average Bonchev–Trinajstić information content (AvgIpc) is 3.13. The van der Waals surface area contributed by atoms with E-state index in [9.17, 15) is 14.9 Å². The molecular formula is C30H44N4O2S2. The summed E-state index contributed by atoms with van der Waals surface area (Å²) in [6.07, 6.45) is 9.23. The molecule has 1 aromatic heterocycles. The van der Waals surface area contributed by atoms with E-state index in [4.69, 9.17) is 12.2 Å². The molecule has 0 spiro atoms. The first-order valence-corrected chi connectivity index (χ1v) is 15.6. The van der Waals surface area contributed by atoms with Crippen molar-refractivity contribution in [2.24, 2.45) is 17.8 Å². The highest BCUT2D eigenvalue weighted by atomic mass is 32.2. The normalized spacial score (nSPS) is 21.9. The van der Waals surface area contributed by atoms with Gasteiger partial charge in [-0.25, -0.2) is 0 Å². The Morgan fingerprint density at radius 3 is 2.37 bits per heavy atom. The quantitative estimate of drug-likeness (QED) is 0.222. The fraction of sp³-hybridized carbons (Fsp3) is 0.667. The molecule has 3 heterocycles. The molecule has 1 amide bonds. The van der Waals surface area contributed by atoms with Crippen LogP contribution in [-0.4, -0.2) is 39.3 Å². The molecule has 2 aliphatic heterocycles. The summed E-state index contributed by atoms with van der Waals surface area (Å²) in [6.45, 7) is 15.7. The molecule has 2 fully saturated rings. The summed E-state index contributed by atoms with van der Waals surface area (Å²) in [5, 5.41) is 9.95. The minimum absolute atomic E-state index is 0.0644. The monoisotopic (exact) mass is 556 g/mol. The van der Waals surface area contributed by atoms with Crippen molar-refractivity contribution in [2.45, 2.75) is 93.0 Å². The van der Waals surface area contributed by atoms with Gasteiger partial charge in [0.25, 0.3) is 11.5 Å². The summed E-state index contributed by atoms with van der Waals surface area (Å²) in [7, 11) is 0. The van der Waals surface area contributed by atoms with Crippen molar-refractivity contribution in [3.63, 3.8) is 0 Å². The Morgan fingerprint density at radius 2 is 1.79 bits per heavy atom. The lowest BCUT2D eigenvalue weighted by Gasteiger charge is -2.39. The van der Waals surface area contributed by atoms with Crippen molar-refractivity contribution in [2.75, 3.05) is 24.5 Å². The highest BCUT2D eigenvalue weighted by molar-refractivity contribution is 8.26. The molecule has 8 heteroatoms. The van der Waals surface area contributed by atoms with Crippen LogP contribution in [0.15, 0.2) is 9.70 Å². The van der Waals surface area contributed by atoms with Crippen molar-refractivity contribution < 1.29 is 4.79 Å². The molecule has 208 valence electrons. The average molecular weight is 557 g/mol. The van der Waals surface area contributed by atoms with E-state index in [0.29, 0.717) is 45.6 Å². The molecule has 3 atom stereocenters. The molecule has 0 saturated carbocycles. The number of rotatable bonds is 11. The van der Waals surface area contributed by atoms with E-state index in [1.165, 1.54) is 11.8 Å². The first kappa shape index (κ1) is 30.4. The van der Waals surface area contributed by atoms with Crippen LogP contribution in [0.25, 0.3) is 6.08 Å². The maximum atomic E-state index is 13.6. The minimum Gasteiger partial charge on any atom is -0.357 e. The first-order valence-electron chi connectivity index (χ1n) is 14.3. The molecule has 0 bridgehead atoms. The Morgan fingerprint density at radius 1 is 1.13 bits per heavy atom. The van der Waals surface area contributed by atoms with Crippen molar-refractivity contribution >= 4 is 46.1 Å². The molecule has 0 aliphatic carbocycles. The van der Waals surface area contributed by atoms with Gasteiger partial charge in [0.15, 0.2) is 0 Å². The number of amides is 1. The van der Waals surface area contributed by atoms with Crippen LogP contribution >= 0.6 is 24.0 Å². The third-order valence-corrected chi connectivity index (χ3v) is 9.26. The lowest BCUT2D eigenvalue weighted by atomic mass is 9.91. The van der Waals surface area contributed by atoms with Crippen LogP contribution in [0.5, 0.6) is 0 Å². The smallest absolute Gasteiger partial charge is 0.270 e. The summed E-state index contributed by atoms with van der Waals surface area (Å²) in [5.41, 5.74) is 1.38. The van der Waals surface area contributed by atoms with Gasteiger partial charge < -0.3 is 4.90 Å². The molecule has 2 saturated heterocycles. The number of anilines is 1. The zero-order chi connectivity index (χ0) is 28.0. The number of carbonyl (C=O) groups excluding carboxylic acids is 1. The Balaban J connectivity index is 2.13. The van der Waals surface area contributed by atoms with Gasteiger partial charge in [0.05, 0.1) is 4.91 Å². The van der Waals surface area contributed by atoms with Crippen molar-refractivity contribution in [3.8, 4) is 6.07 Å². The van der Waals surface area contributed by atoms with E-state index < -0.39 is 0 Å². The summed E-state index contributed by atoms with van der Waals surface area (Å²) >= 11 is 7.01. The third-order valence-electron chi connectivity index (χ3n) is 7.88. The molecule has 0 radical (unpaired) electrons. The van der Waals surface area contributed by atoms with Crippen LogP contribution in [0.1, 0.15) is 96.3 Å². The SMILES string of the molecule is CCCCC(CC)CN1C(=O)C(=Cc2c(C)c(C#N)c(=O)n(CCCC)c2N2CC(C)CC(C)C2)SC1=S. The number of piperidine rings is 1. The van der Waals surface area contributed by atoms with Crippen molar-refractivity contribution in [1.29, 1.82) is 5.26 Å². The molecule has 3 rings (SSSR count). The third kappa shape index (κ3) is 6.71. The lowest BCUT2D eigenvalue weighted by Crippen LogP contribution is -2.43. The van der Waals surface area contributed by atoms with E-state index in [1.807, 2.05) is 13.0 Å². The molecule has 38 heavy (non-hydrogen) atoms. The molecule has 6 nitrogen and oxygen atoms in total. The lowest BCUT2D eigenvalue weighted by molar-refractivity contribution is -0.122. The zero-order valence-corrected chi connectivity index (χ0v) is 25.6. The fourth-order valence-electron chi connectivity index (χ4n) is 5.81. The maximum Gasteiger partial charge on any atom is 0.270 e. The second-order valence-electron chi connectivity index (χ2n) is 11.2. The van der Waals surface area contributed by atoms with E-state index in [-0.39, 0.29) is 17.0 Å². The number of aromatic nitrogens is 1. The van der Waals surface area contributed by atoms with Gasteiger partial charge in [0.1, 0.15) is 21.8 Å². The second-order valence-corrected chi connectivity index (χ2v) is 12.9. The van der Waals surface area contributed by atoms with Crippen molar-refractivity contribution in [3.05, 3.63) is 31.9 Å². The fourth-order valence-corrected chi connectivity index (χ4v) is 7.07. The second kappa shape index (κ2) is 13.8. The number of thiocarbonyl (C=S) groups is 1. The van der Waals surface area contributed by atoms with Gasteiger partial charge in [0, 0.05) is 31.7 Å². The van der Waals surface area contributed by atoms with E-state index in [2.05, 4.69) is 45.6 Å². The number of nitriles is 1. The minimum atomic E-state index is -0.231. The van der Waals surface area contributed by atoms with Crippen LogP contribution in [0, 0.1) is 36.0 Å². The van der Waals surface area contributed by atoms with Gasteiger partial charge in [-0.05, 0) is 55.6 Å². The number of hydrogen-bond acceptors (Lipinski definition) is 6. The van der Waals surface area contributed by atoms with Crippen molar-refractivity contribution in [1.82, 2.24) is 9.47 Å². The Bertz CT molecular complexity index is 1160. The summed E-state index contributed by atoms with van der Waals surface area (Å²) < 4.78 is 2.39. The maximum absolute atomic E-state index is 13.6. The highest BCUT2D eigenvalue weighted by Gasteiger charge is 2.35. The van der Waals surface area contributed by atoms with Gasteiger partial charge in [-0.3, -0.25) is 19.1 Å². The molecular weight excluding hydrogens is 512 g/mol. The first-order chi connectivity index (χ1) is 18.2. The summed E-state index contributed by atoms with van der Waals surface area (Å²) in [4.78, 5) is 31.8. The predicted molar refractivity (Wildman–Crippen MR) is 163 cm³/mol. The molecule has 0 aromatic carbocycles. The van der Waals surface area contributed by atoms with Gasteiger partial charge in [-0.2, -0.15) is 5.26 Å². The molecule has 0 N–H and O–H groups in total. The molecule has 3 unspecified atom stereocenters. The highest BCUT2D eigenvalue weighted by Crippen LogP contribution is 2.38. The number of carbonyl (C=O) groups is 1. The Labute approximate surface area is 238 Å². The van der Waals surface area contributed by atoms with Crippen LogP contribution < -0.4 is 10.5 Å². The van der Waals surface area contributed by atoms with Gasteiger partial charge in [-0.15, -0.1) is 0 Å². The van der Waals surface area contributed by atoms with Gasteiger partial charge >= 0.3 is 0 Å². The van der Waals surface area contributed by atoms with Gasteiger partial charge in [0.2, 0.25) is 0 Å². The number of hydrogen-bond donors (Lipinski definition) is 0. The van der Waals surface area contributed by atoms with Crippen LogP contribution in [0.4, 0.5) is 5.82 Å². The number of pyridine rings is 1. The molecule has 1 aromatic rings. The largest absolute Gasteiger partial charge is 0.357 e. The summed E-state index contributed by atoms with van der Waals surface area (Å²) in [5.74, 6) is 2.18.